The molecule has 0 fully saturated rings. The maximum Gasteiger partial charge on any atom is 0.0911 e. The van der Waals surface area contributed by atoms with Gasteiger partial charge in [0.2, 0.25) is 0 Å². The Balaban J connectivity index is 2.51. The summed E-state index contributed by atoms with van der Waals surface area (Å²) in [5.41, 5.74) is 1.63. The first-order valence-corrected chi connectivity index (χ1v) is 3.97. The molecule has 13 heavy (non-hydrogen) atoms. The third-order valence-electron chi connectivity index (χ3n) is 1.80. The van der Waals surface area contributed by atoms with Gasteiger partial charge in [-0.15, -0.1) is 0 Å². The molecule has 0 aliphatic carbocycles. The molecule has 2 aromatic rings. The number of benzene rings is 1. The average Bonchev–Trinajstić information content (AvgIpc) is 2.70. The van der Waals surface area contributed by atoms with E-state index in [2.05, 4.69) is 10.2 Å². The summed E-state index contributed by atoms with van der Waals surface area (Å²) in [7, 11) is 0. The highest BCUT2D eigenvalue weighted by molar-refractivity contribution is 5.38. The second-order valence-corrected chi connectivity index (χ2v) is 2.61. The van der Waals surface area contributed by atoms with Crippen molar-refractivity contribution in [3.8, 4) is 5.69 Å². The number of aromatic nitrogens is 3. The predicted molar refractivity (Wildman–Crippen MR) is 47.3 cm³/mol. The van der Waals surface area contributed by atoms with Crippen molar-refractivity contribution in [2.75, 3.05) is 0 Å². The van der Waals surface area contributed by atoms with Gasteiger partial charge in [-0.25, -0.2) is 0 Å². The molecular formula is C9H9N3O. The van der Waals surface area contributed by atoms with Crippen LogP contribution in [0.3, 0.4) is 0 Å². The fourth-order valence-corrected chi connectivity index (χ4v) is 1.18. The summed E-state index contributed by atoms with van der Waals surface area (Å²) in [5, 5.41) is 17.0. The van der Waals surface area contributed by atoms with Gasteiger partial charge < -0.3 is 5.11 Å². The van der Waals surface area contributed by atoms with Gasteiger partial charge in [-0.3, -0.25) is 0 Å². The van der Waals surface area contributed by atoms with Crippen LogP contribution in [0.2, 0.25) is 0 Å². The summed E-state index contributed by atoms with van der Waals surface area (Å²) < 4.78 is 0. The molecule has 0 saturated carbocycles. The molecule has 1 aromatic heterocycles. The molecule has 2 rings (SSSR count). The summed E-state index contributed by atoms with van der Waals surface area (Å²) in [6.07, 6.45) is 3.21. The number of hydrogen-bond donors (Lipinski definition) is 1. The van der Waals surface area contributed by atoms with Crippen LogP contribution >= 0.6 is 0 Å². The lowest BCUT2D eigenvalue weighted by molar-refractivity contribution is 0.281. The monoisotopic (exact) mass is 175 g/mol. The fourth-order valence-electron chi connectivity index (χ4n) is 1.18. The van der Waals surface area contributed by atoms with E-state index in [9.17, 15) is 0 Å². The highest BCUT2D eigenvalue weighted by atomic mass is 16.3. The standard InChI is InChI=1S/C9H9N3O/c13-7-8-3-1-2-4-9(8)12-10-5-6-11-12/h1-6,13H,7H2. The van der Waals surface area contributed by atoms with Crippen LogP contribution in [-0.4, -0.2) is 20.1 Å². The highest BCUT2D eigenvalue weighted by Gasteiger charge is 2.02. The van der Waals surface area contributed by atoms with Crippen molar-refractivity contribution in [1.29, 1.82) is 0 Å². The Hall–Kier alpha value is -1.68. The zero-order chi connectivity index (χ0) is 9.10. The van der Waals surface area contributed by atoms with E-state index in [1.54, 1.807) is 12.4 Å². The van der Waals surface area contributed by atoms with Crippen LogP contribution in [-0.2, 0) is 6.61 Å². The lowest BCUT2D eigenvalue weighted by Crippen LogP contribution is -2.02. The van der Waals surface area contributed by atoms with Gasteiger partial charge in [0.05, 0.1) is 24.7 Å². The van der Waals surface area contributed by atoms with Gasteiger partial charge in [-0.1, -0.05) is 18.2 Å². The quantitative estimate of drug-likeness (QED) is 0.733. The SMILES string of the molecule is OCc1ccccc1-n1nccn1. The van der Waals surface area contributed by atoms with E-state index in [0.717, 1.165) is 11.3 Å². The van der Waals surface area contributed by atoms with Crippen molar-refractivity contribution in [3.05, 3.63) is 42.2 Å². The van der Waals surface area contributed by atoms with Crippen LogP contribution in [0, 0.1) is 0 Å². The lowest BCUT2D eigenvalue weighted by atomic mass is 10.2. The molecular weight excluding hydrogens is 166 g/mol. The Bertz CT molecular complexity index is 384. The molecule has 0 atom stereocenters. The molecule has 66 valence electrons. The Morgan fingerprint density at radius 2 is 1.85 bits per heavy atom. The largest absolute Gasteiger partial charge is 0.392 e. The van der Waals surface area contributed by atoms with Gasteiger partial charge >= 0.3 is 0 Å². The smallest absolute Gasteiger partial charge is 0.0911 e. The minimum Gasteiger partial charge on any atom is -0.392 e. The fraction of sp³-hybridized carbons (Fsp3) is 0.111. The molecule has 0 amide bonds. The van der Waals surface area contributed by atoms with Crippen molar-refractivity contribution < 1.29 is 5.11 Å². The topological polar surface area (TPSA) is 50.9 Å². The molecule has 0 aliphatic rings. The molecule has 0 unspecified atom stereocenters. The second-order valence-electron chi connectivity index (χ2n) is 2.61. The Morgan fingerprint density at radius 3 is 2.54 bits per heavy atom. The minimum absolute atomic E-state index is 0.00227. The van der Waals surface area contributed by atoms with Crippen LogP contribution in [0.1, 0.15) is 5.56 Å². The van der Waals surface area contributed by atoms with E-state index >= 15 is 0 Å². The Kier molecular flexibility index (Phi) is 2.06. The molecule has 4 nitrogen and oxygen atoms in total. The zero-order valence-corrected chi connectivity index (χ0v) is 6.96. The van der Waals surface area contributed by atoms with Crippen LogP contribution in [0.25, 0.3) is 5.69 Å². The predicted octanol–water partition coefficient (Wildman–Crippen LogP) is 0.760. The Morgan fingerprint density at radius 1 is 1.15 bits per heavy atom. The van der Waals surface area contributed by atoms with Crippen molar-refractivity contribution in [1.82, 2.24) is 15.0 Å². The first kappa shape index (κ1) is 7.94. The van der Waals surface area contributed by atoms with E-state index in [0.29, 0.717) is 0 Å². The van der Waals surface area contributed by atoms with Crippen LogP contribution < -0.4 is 0 Å². The van der Waals surface area contributed by atoms with E-state index in [1.807, 2.05) is 24.3 Å². The van der Waals surface area contributed by atoms with Crippen LogP contribution in [0.5, 0.6) is 0 Å². The average molecular weight is 175 g/mol. The summed E-state index contributed by atoms with van der Waals surface area (Å²) in [6, 6.07) is 7.47. The van der Waals surface area contributed by atoms with Gasteiger partial charge in [-0.05, 0) is 6.07 Å². The molecule has 0 bridgehead atoms. The molecule has 1 N–H and O–H groups in total. The first-order valence-electron chi connectivity index (χ1n) is 3.97. The number of rotatable bonds is 2. The van der Waals surface area contributed by atoms with Crippen LogP contribution in [0.4, 0.5) is 0 Å². The van der Waals surface area contributed by atoms with Gasteiger partial charge in [-0.2, -0.15) is 15.0 Å². The maximum atomic E-state index is 9.05. The van der Waals surface area contributed by atoms with Gasteiger partial charge in [0.1, 0.15) is 0 Å². The summed E-state index contributed by atoms with van der Waals surface area (Å²) in [4.78, 5) is 1.49. The van der Waals surface area contributed by atoms with Gasteiger partial charge in [0.15, 0.2) is 0 Å². The lowest BCUT2D eigenvalue weighted by Gasteiger charge is -2.04. The molecule has 0 radical (unpaired) electrons. The van der Waals surface area contributed by atoms with Gasteiger partial charge in [0.25, 0.3) is 0 Å². The number of para-hydroxylation sites is 1. The molecule has 4 heteroatoms. The third-order valence-corrected chi connectivity index (χ3v) is 1.80. The molecule has 1 aromatic carbocycles. The highest BCUT2D eigenvalue weighted by Crippen LogP contribution is 2.11. The molecule has 0 aliphatic heterocycles. The normalized spacial score (nSPS) is 10.2. The van der Waals surface area contributed by atoms with E-state index in [1.165, 1.54) is 4.80 Å². The van der Waals surface area contributed by atoms with Crippen molar-refractivity contribution in [2.45, 2.75) is 6.61 Å². The summed E-state index contributed by atoms with van der Waals surface area (Å²) in [5.74, 6) is 0. The molecule has 0 spiro atoms. The van der Waals surface area contributed by atoms with Crippen LogP contribution in [0.15, 0.2) is 36.7 Å². The molecule has 1 heterocycles. The summed E-state index contributed by atoms with van der Waals surface area (Å²) in [6.45, 7) is -0.00227. The van der Waals surface area contributed by atoms with Crippen molar-refractivity contribution in [2.24, 2.45) is 0 Å². The van der Waals surface area contributed by atoms with Crippen molar-refractivity contribution >= 4 is 0 Å². The maximum absolute atomic E-state index is 9.05. The van der Waals surface area contributed by atoms with E-state index in [-0.39, 0.29) is 6.61 Å². The summed E-state index contributed by atoms with van der Waals surface area (Å²) >= 11 is 0. The number of nitrogens with zero attached hydrogens (tertiary/aromatic N) is 3. The van der Waals surface area contributed by atoms with E-state index in [4.69, 9.17) is 5.11 Å². The minimum atomic E-state index is -0.00227. The van der Waals surface area contributed by atoms with Crippen molar-refractivity contribution in [3.63, 3.8) is 0 Å². The Labute approximate surface area is 75.4 Å². The van der Waals surface area contributed by atoms with E-state index < -0.39 is 0 Å². The number of hydrogen-bond acceptors (Lipinski definition) is 3. The molecule has 0 saturated heterocycles. The second kappa shape index (κ2) is 3.37. The third kappa shape index (κ3) is 1.43. The first-order chi connectivity index (χ1) is 6.42. The number of aliphatic hydroxyl groups is 1. The zero-order valence-electron chi connectivity index (χ0n) is 6.96. The number of aliphatic hydroxyl groups excluding tert-OH is 1. The van der Waals surface area contributed by atoms with Gasteiger partial charge in [0, 0.05) is 5.56 Å².